The minimum atomic E-state index is 0.898. The summed E-state index contributed by atoms with van der Waals surface area (Å²) in [6, 6.07) is 4.17. The van der Waals surface area contributed by atoms with Gasteiger partial charge in [-0.2, -0.15) is 0 Å². The van der Waals surface area contributed by atoms with E-state index >= 15 is 0 Å². The molecule has 3 nitrogen and oxygen atoms in total. The maximum absolute atomic E-state index is 4.34. The second kappa shape index (κ2) is 5.60. The summed E-state index contributed by atoms with van der Waals surface area (Å²) in [6.45, 7) is 4.12. The number of aromatic nitrogens is 1. The summed E-state index contributed by atoms with van der Waals surface area (Å²) < 4.78 is 0. The molecule has 0 atom stereocenters. The third-order valence-electron chi connectivity index (χ3n) is 2.14. The van der Waals surface area contributed by atoms with E-state index in [2.05, 4.69) is 35.2 Å². The molecule has 0 saturated heterocycles. The molecule has 0 radical (unpaired) electrons. The molecule has 3 heteroatoms. The Morgan fingerprint density at radius 2 is 2.29 bits per heavy atom. The predicted octanol–water partition coefficient (Wildman–Crippen LogP) is 1.65. The summed E-state index contributed by atoms with van der Waals surface area (Å²) in [5.74, 6) is 1.06. The van der Waals surface area contributed by atoms with Crippen molar-refractivity contribution in [2.45, 2.75) is 19.9 Å². The Labute approximate surface area is 86.2 Å². The van der Waals surface area contributed by atoms with Gasteiger partial charge in [0.2, 0.25) is 0 Å². The smallest absolute Gasteiger partial charge is 0.128 e. The van der Waals surface area contributed by atoms with Gasteiger partial charge in [0.1, 0.15) is 5.82 Å². The van der Waals surface area contributed by atoms with Crippen molar-refractivity contribution < 1.29 is 0 Å². The quantitative estimate of drug-likeness (QED) is 0.770. The van der Waals surface area contributed by atoms with Gasteiger partial charge in [0, 0.05) is 26.3 Å². The zero-order valence-corrected chi connectivity index (χ0v) is 9.25. The molecule has 0 saturated carbocycles. The first-order chi connectivity index (χ1) is 6.77. The molecule has 0 aliphatic rings. The molecule has 0 spiro atoms. The van der Waals surface area contributed by atoms with Gasteiger partial charge in [-0.1, -0.05) is 6.92 Å². The Bertz CT molecular complexity index is 273. The van der Waals surface area contributed by atoms with Gasteiger partial charge in [-0.25, -0.2) is 4.98 Å². The third kappa shape index (κ3) is 3.00. The van der Waals surface area contributed by atoms with Crippen molar-refractivity contribution in [2.24, 2.45) is 0 Å². The molecule has 0 amide bonds. The Balaban J connectivity index is 2.71. The lowest BCUT2D eigenvalue weighted by molar-refractivity contribution is 0.806. The van der Waals surface area contributed by atoms with Crippen LogP contribution in [0.3, 0.4) is 0 Å². The molecule has 0 fully saturated rings. The van der Waals surface area contributed by atoms with Gasteiger partial charge in [0.25, 0.3) is 0 Å². The summed E-state index contributed by atoms with van der Waals surface area (Å²) in [5.41, 5.74) is 1.28. The van der Waals surface area contributed by atoms with Crippen LogP contribution in [0.2, 0.25) is 0 Å². The van der Waals surface area contributed by atoms with Crippen LogP contribution in [-0.2, 0) is 6.54 Å². The van der Waals surface area contributed by atoms with E-state index in [1.54, 1.807) is 0 Å². The summed E-state index contributed by atoms with van der Waals surface area (Å²) in [6.07, 6.45) is 3.02. The average Bonchev–Trinajstić information content (AvgIpc) is 2.19. The highest BCUT2D eigenvalue weighted by Crippen LogP contribution is 2.10. The van der Waals surface area contributed by atoms with Gasteiger partial charge in [-0.15, -0.1) is 0 Å². The molecule has 0 aliphatic carbocycles. The maximum atomic E-state index is 4.34. The molecule has 1 rings (SSSR count). The molecular formula is C11H19N3. The number of rotatable bonds is 5. The van der Waals surface area contributed by atoms with Crippen LogP contribution in [0.4, 0.5) is 5.82 Å². The maximum Gasteiger partial charge on any atom is 0.128 e. The first-order valence-corrected chi connectivity index (χ1v) is 5.08. The van der Waals surface area contributed by atoms with E-state index in [0.717, 1.165) is 25.3 Å². The van der Waals surface area contributed by atoms with Gasteiger partial charge in [-0.05, 0) is 31.2 Å². The lowest BCUT2D eigenvalue weighted by atomic mass is 10.2. The normalized spacial score (nSPS) is 10.2. The van der Waals surface area contributed by atoms with Crippen molar-refractivity contribution in [1.29, 1.82) is 0 Å². The minimum Gasteiger partial charge on any atom is -0.360 e. The average molecular weight is 193 g/mol. The van der Waals surface area contributed by atoms with Crippen LogP contribution in [0, 0.1) is 0 Å². The van der Waals surface area contributed by atoms with E-state index in [0.29, 0.717) is 0 Å². The van der Waals surface area contributed by atoms with Gasteiger partial charge >= 0.3 is 0 Å². The van der Waals surface area contributed by atoms with Crippen molar-refractivity contribution in [3.05, 3.63) is 23.9 Å². The highest BCUT2D eigenvalue weighted by Gasteiger charge is 2.01. The van der Waals surface area contributed by atoms with E-state index in [1.165, 1.54) is 5.56 Å². The van der Waals surface area contributed by atoms with Crippen LogP contribution in [0.5, 0.6) is 0 Å². The molecule has 0 bridgehead atoms. The van der Waals surface area contributed by atoms with E-state index < -0.39 is 0 Å². The summed E-state index contributed by atoms with van der Waals surface area (Å²) >= 11 is 0. The summed E-state index contributed by atoms with van der Waals surface area (Å²) in [5, 5.41) is 3.14. The number of anilines is 1. The summed E-state index contributed by atoms with van der Waals surface area (Å²) in [4.78, 5) is 6.52. The number of nitrogens with zero attached hydrogens (tertiary/aromatic N) is 2. The SMILES string of the molecule is CCCN(C)c1cc(CNC)ccn1. The molecule has 1 aromatic heterocycles. The van der Waals surface area contributed by atoms with Crippen LogP contribution in [0.25, 0.3) is 0 Å². The van der Waals surface area contributed by atoms with E-state index in [9.17, 15) is 0 Å². The molecule has 1 aromatic rings. The molecule has 78 valence electrons. The number of hydrogen-bond donors (Lipinski definition) is 1. The van der Waals surface area contributed by atoms with Crippen molar-refractivity contribution in [2.75, 3.05) is 25.5 Å². The van der Waals surface area contributed by atoms with Crippen LogP contribution in [-0.4, -0.2) is 25.6 Å². The van der Waals surface area contributed by atoms with Crippen molar-refractivity contribution >= 4 is 5.82 Å². The molecule has 1 N–H and O–H groups in total. The largest absolute Gasteiger partial charge is 0.360 e. The molecule has 0 aliphatic heterocycles. The van der Waals surface area contributed by atoms with Crippen LogP contribution < -0.4 is 10.2 Å². The van der Waals surface area contributed by atoms with Crippen LogP contribution in [0.1, 0.15) is 18.9 Å². The summed E-state index contributed by atoms with van der Waals surface area (Å²) in [7, 11) is 4.03. The van der Waals surface area contributed by atoms with Crippen LogP contribution in [0.15, 0.2) is 18.3 Å². The van der Waals surface area contributed by atoms with E-state index in [4.69, 9.17) is 0 Å². The highest BCUT2D eigenvalue weighted by atomic mass is 15.2. The second-order valence-corrected chi connectivity index (χ2v) is 3.47. The monoisotopic (exact) mass is 193 g/mol. The fraction of sp³-hybridized carbons (Fsp3) is 0.545. The lowest BCUT2D eigenvalue weighted by Gasteiger charge is -2.17. The first kappa shape index (κ1) is 11.0. The molecule has 1 heterocycles. The van der Waals surface area contributed by atoms with Crippen LogP contribution >= 0.6 is 0 Å². The second-order valence-electron chi connectivity index (χ2n) is 3.47. The zero-order chi connectivity index (χ0) is 10.4. The fourth-order valence-corrected chi connectivity index (χ4v) is 1.43. The van der Waals surface area contributed by atoms with Crippen molar-refractivity contribution in [1.82, 2.24) is 10.3 Å². The highest BCUT2D eigenvalue weighted by molar-refractivity contribution is 5.39. The Morgan fingerprint density at radius 1 is 1.50 bits per heavy atom. The van der Waals surface area contributed by atoms with Gasteiger partial charge < -0.3 is 10.2 Å². The number of hydrogen-bond acceptors (Lipinski definition) is 3. The lowest BCUT2D eigenvalue weighted by Crippen LogP contribution is -2.19. The minimum absolute atomic E-state index is 0.898. The third-order valence-corrected chi connectivity index (χ3v) is 2.14. The number of nitrogens with one attached hydrogen (secondary N) is 1. The molecule has 0 unspecified atom stereocenters. The topological polar surface area (TPSA) is 28.2 Å². The Morgan fingerprint density at radius 3 is 2.93 bits per heavy atom. The Hall–Kier alpha value is -1.09. The first-order valence-electron chi connectivity index (χ1n) is 5.08. The van der Waals surface area contributed by atoms with Crippen molar-refractivity contribution in [3.8, 4) is 0 Å². The zero-order valence-electron chi connectivity index (χ0n) is 9.25. The Kier molecular flexibility index (Phi) is 4.40. The molecular weight excluding hydrogens is 174 g/mol. The van der Waals surface area contributed by atoms with Gasteiger partial charge in [0.05, 0.1) is 0 Å². The van der Waals surface area contributed by atoms with Crippen molar-refractivity contribution in [3.63, 3.8) is 0 Å². The predicted molar refractivity (Wildman–Crippen MR) is 60.6 cm³/mol. The standard InChI is InChI=1S/C11H19N3/c1-4-7-14(3)11-8-10(9-12-2)5-6-13-11/h5-6,8,12H,4,7,9H2,1-3H3. The molecule has 0 aromatic carbocycles. The molecule has 14 heavy (non-hydrogen) atoms. The fourth-order valence-electron chi connectivity index (χ4n) is 1.43. The van der Waals surface area contributed by atoms with E-state index in [1.807, 2.05) is 19.3 Å². The van der Waals surface area contributed by atoms with E-state index in [-0.39, 0.29) is 0 Å². The van der Waals surface area contributed by atoms with Gasteiger partial charge in [-0.3, -0.25) is 0 Å². The van der Waals surface area contributed by atoms with Gasteiger partial charge in [0.15, 0.2) is 0 Å². The number of pyridine rings is 1.